The molecule has 0 heterocycles. The number of benzene rings is 2. The second kappa shape index (κ2) is 9.58. The molecule has 0 spiro atoms. The van der Waals surface area contributed by atoms with Crippen molar-refractivity contribution in [2.75, 3.05) is 0 Å². The van der Waals surface area contributed by atoms with Crippen LogP contribution in [0.15, 0.2) is 54.6 Å². The van der Waals surface area contributed by atoms with Crippen molar-refractivity contribution < 1.29 is 24.6 Å². The standard InChI is InChI=1S/C20H23NO5/c1-15(21(25)14-22)19(20(23)24)9-5-6-16-10-12-18(13-11-16)26-17-7-3-2-4-8-17/h2-4,7-8,10-15,19,25H,5-6,9H2,1H3,(H,23,24)/t15-,19+/m0/s1. The number of carboxylic acid groups (broad SMARTS) is 1. The van der Waals surface area contributed by atoms with Crippen molar-refractivity contribution in [1.29, 1.82) is 0 Å². The van der Waals surface area contributed by atoms with Crippen LogP contribution in [0, 0.1) is 5.92 Å². The van der Waals surface area contributed by atoms with Gasteiger partial charge in [-0.1, -0.05) is 30.3 Å². The summed E-state index contributed by atoms with van der Waals surface area (Å²) in [6, 6.07) is 16.4. The van der Waals surface area contributed by atoms with Gasteiger partial charge in [0.05, 0.1) is 12.0 Å². The molecular formula is C20H23NO5. The van der Waals surface area contributed by atoms with E-state index < -0.39 is 17.9 Å². The summed E-state index contributed by atoms with van der Waals surface area (Å²) >= 11 is 0. The maximum atomic E-state index is 11.4. The molecule has 0 aliphatic carbocycles. The fraction of sp³-hybridized carbons (Fsp3) is 0.300. The van der Waals surface area contributed by atoms with Gasteiger partial charge in [-0.25, -0.2) is 5.06 Å². The Kier molecular flexibility index (Phi) is 7.17. The topological polar surface area (TPSA) is 87.1 Å². The number of ether oxygens (including phenoxy) is 1. The number of aliphatic carboxylic acids is 1. The SMILES string of the molecule is C[C@@H]([C@@H](CCCc1ccc(Oc2ccccc2)cc1)C(=O)O)N(O)C=O. The van der Waals surface area contributed by atoms with Gasteiger partial charge in [-0.3, -0.25) is 14.8 Å². The van der Waals surface area contributed by atoms with E-state index in [-0.39, 0.29) is 6.41 Å². The zero-order valence-corrected chi connectivity index (χ0v) is 14.6. The van der Waals surface area contributed by atoms with E-state index in [9.17, 15) is 19.9 Å². The summed E-state index contributed by atoms with van der Waals surface area (Å²) in [5.41, 5.74) is 1.07. The molecule has 0 aliphatic heterocycles. The Morgan fingerprint density at radius 2 is 1.73 bits per heavy atom. The maximum Gasteiger partial charge on any atom is 0.308 e. The predicted octanol–water partition coefficient (Wildman–Crippen LogP) is 3.74. The number of nitrogens with zero attached hydrogens (tertiary/aromatic N) is 1. The highest BCUT2D eigenvalue weighted by Gasteiger charge is 2.28. The van der Waals surface area contributed by atoms with Crippen LogP contribution in [0.1, 0.15) is 25.3 Å². The Hall–Kier alpha value is -2.86. The first-order chi connectivity index (χ1) is 12.5. The Morgan fingerprint density at radius 3 is 2.31 bits per heavy atom. The predicted molar refractivity (Wildman–Crippen MR) is 96.2 cm³/mol. The number of amides is 1. The lowest BCUT2D eigenvalue weighted by Gasteiger charge is -2.24. The third-order valence-corrected chi connectivity index (χ3v) is 4.31. The highest BCUT2D eigenvalue weighted by atomic mass is 16.5. The van der Waals surface area contributed by atoms with Crippen LogP contribution in [-0.2, 0) is 16.0 Å². The molecule has 1 amide bonds. The molecule has 0 radical (unpaired) electrons. The van der Waals surface area contributed by atoms with Crippen LogP contribution in [0.4, 0.5) is 0 Å². The van der Waals surface area contributed by atoms with Gasteiger partial charge in [0.25, 0.3) is 0 Å². The van der Waals surface area contributed by atoms with Crippen molar-refractivity contribution in [1.82, 2.24) is 5.06 Å². The molecule has 0 aromatic heterocycles. The number of aryl methyl sites for hydroxylation is 1. The van der Waals surface area contributed by atoms with Gasteiger partial charge in [0.2, 0.25) is 6.41 Å². The van der Waals surface area contributed by atoms with Crippen molar-refractivity contribution >= 4 is 12.4 Å². The van der Waals surface area contributed by atoms with E-state index in [0.29, 0.717) is 24.3 Å². The van der Waals surface area contributed by atoms with Crippen molar-refractivity contribution in [3.05, 3.63) is 60.2 Å². The molecule has 0 bridgehead atoms. The first-order valence-electron chi connectivity index (χ1n) is 8.48. The van der Waals surface area contributed by atoms with E-state index in [2.05, 4.69) is 0 Å². The summed E-state index contributed by atoms with van der Waals surface area (Å²) in [4.78, 5) is 22.0. The van der Waals surface area contributed by atoms with Gasteiger partial charge in [0.1, 0.15) is 11.5 Å². The van der Waals surface area contributed by atoms with Gasteiger partial charge >= 0.3 is 5.97 Å². The minimum absolute atomic E-state index is 0.228. The van der Waals surface area contributed by atoms with Crippen LogP contribution in [0.25, 0.3) is 0 Å². The Morgan fingerprint density at radius 1 is 1.12 bits per heavy atom. The second-order valence-corrected chi connectivity index (χ2v) is 6.12. The Labute approximate surface area is 152 Å². The van der Waals surface area contributed by atoms with Gasteiger partial charge in [0, 0.05) is 0 Å². The zero-order chi connectivity index (χ0) is 18.9. The number of carboxylic acids is 1. The molecule has 2 atom stereocenters. The van der Waals surface area contributed by atoms with Crippen molar-refractivity contribution in [3.63, 3.8) is 0 Å². The lowest BCUT2D eigenvalue weighted by Crippen LogP contribution is -2.39. The maximum absolute atomic E-state index is 11.4. The number of carbonyl (C=O) groups excluding carboxylic acids is 1. The fourth-order valence-electron chi connectivity index (χ4n) is 2.73. The zero-order valence-electron chi connectivity index (χ0n) is 14.6. The number of hydrogen-bond acceptors (Lipinski definition) is 4. The summed E-state index contributed by atoms with van der Waals surface area (Å²) in [5, 5.41) is 19.1. The third kappa shape index (κ3) is 5.60. The molecule has 0 aliphatic rings. The highest BCUT2D eigenvalue weighted by molar-refractivity contribution is 5.71. The largest absolute Gasteiger partial charge is 0.481 e. The number of rotatable bonds is 10. The molecule has 2 aromatic carbocycles. The average molecular weight is 357 g/mol. The molecule has 0 saturated heterocycles. The van der Waals surface area contributed by atoms with Gasteiger partial charge < -0.3 is 9.84 Å². The number of para-hydroxylation sites is 1. The van der Waals surface area contributed by atoms with Crippen LogP contribution in [-0.4, -0.2) is 33.8 Å². The van der Waals surface area contributed by atoms with Crippen LogP contribution in [0.2, 0.25) is 0 Å². The average Bonchev–Trinajstić information content (AvgIpc) is 2.66. The molecule has 2 aromatic rings. The Balaban J connectivity index is 1.86. The first-order valence-corrected chi connectivity index (χ1v) is 8.48. The van der Waals surface area contributed by atoms with Crippen molar-refractivity contribution in [2.24, 2.45) is 5.92 Å². The fourth-order valence-corrected chi connectivity index (χ4v) is 2.73. The van der Waals surface area contributed by atoms with Crippen LogP contribution >= 0.6 is 0 Å². The number of carbonyl (C=O) groups is 2. The molecular weight excluding hydrogens is 334 g/mol. The van der Waals surface area contributed by atoms with Crippen LogP contribution < -0.4 is 4.74 Å². The minimum Gasteiger partial charge on any atom is -0.481 e. The molecule has 0 saturated carbocycles. The summed E-state index contributed by atoms with van der Waals surface area (Å²) in [7, 11) is 0. The van der Waals surface area contributed by atoms with E-state index >= 15 is 0 Å². The molecule has 138 valence electrons. The van der Waals surface area contributed by atoms with Crippen molar-refractivity contribution in [3.8, 4) is 11.5 Å². The molecule has 0 fully saturated rings. The molecule has 26 heavy (non-hydrogen) atoms. The summed E-state index contributed by atoms with van der Waals surface area (Å²) in [5.74, 6) is -0.336. The summed E-state index contributed by atoms with van der Waals surface area (Å²) < 4.78 is 5.73. The molecule has 0 unspecified atom stereocenters. The molecule has 2 rings (SSSR count). The molecule has 2 N–H and O–H groups in total. The van der Waals surface area contributed by atoms with Gasteiger partial charge in [-0.15, -0.1) is 0 Å². The minimum atomic E-state index is -1.02. The van der Waals surface area contributed by atoms with E-state index in [4.69, 9.17) is 4.74 Å². The van der Waals surface area contributed by atoms with E-state index in [1.54, 1.807) is 0 Å². The van der Waals surface area contributed by atoms with Crippen molar-refractivity contribution in [2.45, 2.75) is 32.2 Å². The lowest BCUT2D eigenvalue weighted by atomic mass is 9.93. The highest BCUT2D eigenvalue weighted by Crippen LogP contribution is 2.22. The van der Waals surface area contributed by atoms with E-state index in [1.807, 2.05) is 54.6 Å². The third-order valence-electron chi connectivity index (χ3n) is 4.31. The van der Waals surface area contributed by atoms with Gasteiger partial charge in [-0.05, 0) is 56.0 Å². The van der Waals surface area contributed by atoms with Crippen LogP contribution in [0.3, 0.4) is 0 Å². The van der Waals surface area contributed by atoms with Crippen LogP contribution in [0.5, 0.6) is 11.5 Å². The summed E-state index contributed by atoms with van der Waals surface area (Å²) in [6.07, 6.45) is 1.93. The first kappa shape index (κ1) is 19.5. The molecule has 6 heteroatoms. The van der Waals surface area contributed by atoms with E-state index in [0.717, 1.165) is 17.1 Å². The monoisotopic (exact) mass is 357 g/mol. The quantitative estimate of drug-likeness (QED) is 0.384. The number of hydroxylamine groups is 2. The summed E-state index contributed by atoms with van der Waals surface area (Å²) in [6.45, 7) is 1.52. The lowest BCUT2D eigenvalue weighted by molar-refractivity contribution is -0.170. The van der Waals surface area contributed by atoms with Gasteiger partial charge in [0.15, 0.2) is 0 Å². The second-order valence-electron chi connectivity index (χ2n) is 6.12. The molecule has 6 nitrogen and oxygen atoms in total. The Bertz CT molecular complexity index is 702. The normalized spacial score (nSPS) is 12.8. The smallest absolute Gasteiger partial charge is 0.308 e. The van der Waals surface area contributed by atoms with E-state index in [1.165, 1.54) is 6.92 Å². The number of hydrogen-bond donors (Lipinski definition) is 2. The van der Waals surface area contributed by atoms with Gasteiger partial charge in [-0.2, -0.15) is 0 Å².